The van der Waals surface area contributed by atoms with Gasteiger partial charge in [0.05, 0.1) is 5.52 Å². The van der Waals surface area contributed by atoms with Crippen LogP contribution in [0.4, 0.5) is 5.69 Å². The third-order valence-corrected chi connectivity index (χ3v) is 2.50. The molecule has 0 fully saturated rings. The Hall–Kier alpha value is -1.54. The number of rotatable bonds is 0. The SMILES string of the molecule is N#[N+]c1c(O)[nH]c2c(Br)cccc12. The molecule has 0 aliphatic heterocycles. The fourth-order valence-corrected chi connectivity index (χ4v) is 1.72. The van der Waals surface area contributed by atoms with E-state index in [1.807, 2.05) is 6.07 Å². The van der Waals surface area contributed by atoms with Crippen LogP contribution in [0.25, 0.3) is 15.9 Å². The van der Waals surface area contributed by atoms with Crippen molar-refractivity contribution in [2.24, 2.45) is 0 Å². The van der Waals surface area contributed by atoms with Crippen LogP contribution >= 0.6 is 15.9 Å². The second-order valence-corrected chi connectivity index (χ2v) is 3.44. The van der Waals surface area contributed by atoms with Crippen molar-refractivity contribution < 1.29 is 5.11 Å². The smallest absolute Gasteiger partial charge is 0.453 e. The zero-order valence-corrected chi connectivity index (χ0v) is 8.04. The molecule has 0 spiro atoms. The van der Waals surface area contributed by atoms with Crippen LogP contribution in [-0.2, 0) is 0 Å². The molecule has 0 radical (unpaired) electrons. The van der Waals surface area contributed by atoms with Crippen molar-refractivity contribution in [1.29, 1.82) is 5.39 Å². The van der Waals surface area contributed by atoms with Crippen LogP contribution in [0, 0.1) is 5.39 Å². The third kappa shape index (κ3) is 1.07. The number of nitrogens with zero attached hydrogens (tertiary/aromatic N) is 2. The lowest BCUT2D eigenvalue weighted by molar-refractivity contribution is 0.461. The molecule has 0 atom stereocenters. The molecule has 1 heterocycles. The average molecular weight is 239 g/mol. The van der Waals surface area contributed by atoms with Crippen molar-refractivity contribution in [2.45, 2.75) is 0 Å². The number of diazo groups is 1. The van der Waals surface area contributed by atoms with Crippen LogP contribution in [0.3, 0.4) is 0 Å². The number of aromatic amines is 1. The van der Waals surface area contributed by atoms with Crippen LogP contribution < -0.4 is 0 Å². The second-order valence-electron chi connectivity index (χ2n) is 2.58. The Kier molecular flexibility index (Phi) is 1.71. The molecule has 13 heavy (non-hydrogen) atoms. The van der Waals surface area contributed by atoms with E-state index in [9.17, 15) is 5.11 Å². The van der Waals surface area contributed by atoms with Gasteiger partial charge in [-0.25, -0.2) is 0 Å². The molecule has 0 saturated heterocycles. The zero-order chi connectivity index (χ0) is 9.42. The fraction of sp³-hybridized carbons (Fsp3) is 0. The Morgan fingerprint density at radius 2 is 2.23 bits per heavy atom. The van der Waals surface area contributed by atoms with Gasteiger partial charge >= 0.3 is 5.69 Å². The number of aromatic hydroxyl groups is 1. The summed E-state index contributed by atoms with van der Waals surface area (Å²) in [6.07, 6.45) is 0. The van der Waals surface area contributed by atoms with Crippen LogP contribution in [-0.4, -0.2) is 10.1 Å². The average Bonchev–Trinajstić information content (AvgIpc) is 2.43. The lowest BCUT2D eigenvalue weighted by atomic mass is 10.2. The molecule has 0 bridgehead atoms. The van der Waals surface area contributed by atoms with E-state index in [0.717, 1.165) is 4.47 Å². The van der Waals surface area contributed by atoms with Gasteiger partial charge in [-0.15, -0.1) is 0 Å². The summed E-state index contributed by atoms with van der Waals surface area (Å²) in [6, 6.07) is 5.39. The minimum Gasteiger partial charge on any atom is -0.489 e. The molecule has 1 aromatic heterocycles. The molecule has 4 nitrogen and oxygen atoms in total. The van der Waals surface area contributed by atoms with Crippen LogP contribution in [0.15, 0.2) is 22.7 Å². The molecule has 0 amide bonds. The first-order valence-electron chi connectivity index (χ1n) is 3.58. The van der Waals surface area contributed by atoms with Crippen molar-refractivity contribution in [3.63, 3.8) is 0 Å². The quantitative estimate of drug-likeness (QED) is 0.693. The van der Waals surface area contributed by atoms with E-state index in [2.05, 4.69) is 25.9 Å². The van der Waals surface area contributed by atoms with Crippen LogP contribution in [0.1, 0.15) is 0 Å². The standard InChI is InChI=1S/C8H4BrN3O/c9-5-3-1-2-4-6(5)11-8(13)7(4)12-10/h1-3,10H/p+1. The van der Waals surface area contributed by atoms with Gasteiger partial charge in [0.15, 0.2) is 4.98 Å². The van der Waals surface area contributed by atoms with Gasteiger partial charge in [0.2, 0.25) is 5.39 Å². The number of H-pyrrole nitrogens is 1. The first kappa shape index (κ1) is 8.08. The van der Waals surface area contributed by atoms with Gasteiger partial charge in [-0.2, -0.15) is 0 Å². The maximum absolute atomic E-state index is 9.33. The van der Waals surface area contributed by atoms with E-state index in [0.29, 0.717) is 10.9 Å². The lowest BCUT2D eigenvalue weighted by Gasteiger charge is -1.88. The number of nitrogens with one attached hydrogen (secondary N) is 1. The van der Waals surface area contributed by atoms with Gasteiger partial charge in [0, 0.05) is 4.47 Å². The summed E-state index contributed by atoms with van der Waals surface area (Å²) in [4.78, 5) is 5.70. The van der Waals surface area contributed by atoms with Gasteiger partial charge in [0.25, 0.3) is 5.88 Å². The van der Waals surface area contributed by atoms with Crippen LogP contribution in [0.2, 0.25) is 0 Å². The Morgan fingerprint density at radius 1 is 1.46 bits per heavy atom. The molecule has 0 aliphatic rings. The summed E-state index contributed by atoms with van der Waals surface area (Å²) in [6.45, 7) is 0. The van der Waals surface area contributed by atoms with E-state index < -0.39 is 0 Å². The highest BCUT2D eigenvalue weighted by molar-refractivity contribution is 9.10. The molecular formula is C8H5BrN3O+. The fourth-order valence-electron chi connectivity index (χ4n) is 1.25. The largest absolute Gasteiger partial charge is 0.489 e. The molecule has 0 saturated carbocycles. The number of para-hydroxylation sites is 1. The minimum atomic E-state index is -0.135. The number of halogens is 1. The molecular weight excluding hydrogens is 234 g/mol. The van der Waals surface area contributed by atoms with E-state index in [1.54, 1.807) is 12.1 Å². The highest BCUT2D eigenvalue weighted by Gasteiger charge is 2.22. The van der Waals surface area contributed by atoms with Gasteiger partial charge in [-0.05, 0) is 28.1 Å². The predicted octanol–water partition coefficient (Wildman–Crippen LogP) is 3.12. The summed E-state index contributed by atoms with van der Waals surface area (Å²) in [5, 5.41) is 18.6. The Balaban J connectivity index is 2.96. The first-order chi connectivity index (χ1) is 6.24. The molecule has 64 valence electrons. The van der Waals surface area contributed by atoms with Crippen molar-refractivity contribution in [3.05, 3.63) is 27.6 Å². The Labute approximate surface area is 81.9 Å². The topological polar surface area (TPSA) is 64.2 Å². The summed E-state index contributed by atoms with van der Waals surface area (Å²) in [5.41, 5.74) is 0.879. The molecule has 2 N–H and O–H groups in total. The van der Waals surface area contributed by atoms with Gasteiger partial charge < -0.3 is 10.1 Å². The second kappa shape index (κ2) is 2.75. The number of aromatic nitrogens is 1. The maximum atomic E-state index is 9.33. The van der Waals surface area contributed by atoms with E-state index in [4.69, 9.17) is 5.39 Å². The Bertz CT molecular complexity index is 512. The van der Waals surface area contributed by atoms with Crippen molar-refractivity contribution in [2.75, 3.05) is 0 Å². The molecule has 0 unspecified atom stereocenters. The van der Waals surface area contributed by atoms with E-state index in [-0.39, 0.29) is 11.6 Å². The third-order valence-electron chi connectivity index (χ3n) is 1.84. The number of hydrogen-bond acceptors (Lipinski definition) is 2. The molecule has 2 rings (SSSR count). The van der Waals surface area contributed by atoms with Crippen molar-refractivity contribution in [1.82, 2.24) is 4.98 Å². The molecule has 1 aromatic carbocycles. The van der Waals surface area contributed by atoms with Crippen molar-refractivity contribution in [3.8, 4) is 5.88 Å². The first-order valence-corrected chi connectivity index (χ1v) is 4.37. The molecule has 5 heteroatoms. The minimum absolute atomic E-state index is 0.135. The van der Waals surface area contributed by atoms with E-state index in [1.165, 1.54) is 0 Å². The number of hydrogen-bond donors (Lipinski definition) is 2. The highest BCUT2D eigenvalue weighted by Crippen LogP contribution is 2.37. The summed E-state index contributed by atoms with van der Waals surface area (Å²) in [5.74, 6) is -0.135. The molecule has 0 aliphatic carbocycles. The van der Waals surface area contributed by atoms with E-state index >= 15 is 0 Å². The number of benzene rings is 1. The van der Waals surface area contributed by atoms with Gasteiger partial charge in [-0.1, -0.05) is 6.07 Å². The number of fused-ring (bicyclic) bond motifs is 1. The maximum Gasteiger partial charge on any atom is 0.453 e. The summed E-state index contributed by atoms with van der Waals surface area (Å²) < 4.78 is 0.815. The molecule has 2 aromatic rings. The van der Waals surface area contributed by atoms with Crippen LogP contribution in [0.5, 0.6) is 5.88 Å². The summed E-state index contributed by atoms with van der Waals surface area (Å²) >= 11 is 3.31. The normalized spacial score (nSPS) is 10.2. The van der Waals surface area contributed by atoms with Gasteiger partial charge in [-0.3, -0.25) is 0 Å². The predicted molar refractivity (Wildman–Crippen MR) is 52.4 cm³/mol. The lowest BCUT2D eigenvalue weighted by Crippen LogP contribution is -1.68. The van der Waals surface area contributed by atoms with Crippen molar-refractivity contribution >= 4 is 32.5 Å². The van der Waals surface area contributed by atoms with Gasteiger partial charge in [0.1, 0.15) is 5.39 Å². The monoisotopic (exact) mass is 238 g/mol. The Morgan fingerprint density at radius 3 is 2.92 bits per heavy atom. The highest BCUT2D eigenvalue weighted by atomic mass is 79.9. The summed E-state index contributed by atoms with van der Waals surface area (Å²) in [7, 11) is 0. The zero-order valence-electron chi connectivity index (χ0n) is 6.45.